The van der Waals surface area contributed by atoms with Crippen LogP contribution in [-0.2, 0) is 0 Å². The molecule has 0 bridgehead atoms. The first-order valence-corrected chi connectivity index (χ1v) is 6.55. The van der Waals surface area contributed by atoms with Crippen LogP contribution in [0.3, 0.4) is 0 Å². The molecule has 0 heterocycles. The number of anilines is 1. The second kappa shape index (κ2) is 6.12. The summed E-state index contributed by atoms with van der Waals surface area (Å²) < 4.78 is 5.16. The van der Waals surface area contributed by atoms with Crippen LogP contribution >= 0.6 is 0 Å². The van der Waals surface area contributed by atoms with E-state index in [2.05, 4.69) is 18.3 Å². The molecule has 0 radical (unpaired) electrons. The summed E-state index contributed by atoms with van der Waals surface area (Å²) in [7, 11) is 1.66. The summed E-state index contributed by atoms with van der Waals surface area (Å²) in [6, 6.07) is 16.1. The van der Waals surface area contributed by atoms with E-state index in [9.17, 15) is 0 Å². The highest BCUT2D eigenvalue weighted by atomic mass is 16.5. The van der Waals surface area contributed by atoms with Crippen LogP contribution in [0.5, 0.6) is 5.75 Å². The first-order chi connectivity index (χ1) is 9.63. The Kier molecular flexibility index (Phi) is 4.27. The quantitative estimate of drug-likeness (QED) is 0.908. The van der Waals surface area contributed by atoms with Gasteiger partial charge >= 0.3 is 0 Å². The van der Waals surface area contributed by atoms with E-state index < -0.39 is 0 Å². The average Bonchev–Trinajstić information content (AvgIpc) is 2.47. The third-order valence-electron chi connectivity index (χ3n) is 3.28. The first kappa shape index (κ1) is 14.0. The van der Waals surface area contributed by atoms with Crippen molar-refractivity contribution < 1.29 is 4.74 Å². The summed E-state index contributed by atoms with van der Waals surface area (Å²) in [6.07, 6.45) is 0. The maximum absolute atomic E-state index is 9.15. The van der Waals surface area contributed by atoms with Crippen molar-refractivity contribution in [1.29, 1.82) is 5.26 Å². The Morgan fingerprint density at radius 2 is 1.85 bits per heavy atom. The van der Waals surface area contributed by atoms with Crippen molar-refractivity contribution in [2.45, 2.75) is 19.9 Å². The van der Waals surface area contributed by atoms with Gasteiger partial charge in [0, 0.05) is 6.04 Å². The van der Waals surface area contributed by atoms with Crippen LogP contribution in [0.25, 0.3) is 0 Å². The van der Waals surface area contributed by atoms with Crippen molar-refractivity contribution in [2.24, 2.45) is 0 Å². The fourth-order valence-corrected chi connectivity index (χ4v) is 2.08. The van der Waals surface area contributed by atoms with E-state index in [1.165, 1.54) is 0 Å². The highest BCUT2D eigenvalue weighted by molar-refractivity contribution is 5.59. The molecule has 0 aliphatic heterocycles. The third kappa shape index (κ3) is 3.10. The van der Waals surface area contributed by atoms with Gasteiger partial charge in [-0.05, 0) is 49.2 Å². The Bertz CT molecular complexity index is 626. The van der Waals surface area contributed by atoms with Crippen LogP contribution in [0.15, 0.2) is 42.5 Å². The highest BCUT2D eigenvalue weighted by Crippen LogP contribution is 2.24. The molecule has 1 N–H and O–H groups in total. The van der Waals surface area contributed by atoms with Gasteiger partial charge in [-0.25, -0.2) is 0 Å². The molecule has 20 heavy (non-hydrogen) atoms. The molecule has 0 aliphatic carbocycles. The largest absolute Gasteiger partial charge is 0.497 e. The van der Waals surface area contributed by atoms with E-state index in [4.69, 9.17) is 10.00 Å². The van der Waals surface area contributed by atoms with Gasteiger partial charge in [0.25, 0.3) is 0 Å². The number of nitrogens with one attached hydrogen (secondary N) is 1. The zero-order chi connectivity index (χ0) is 14.5. The van der Waals surface area contributed by atoms with Crippen molar-refractivity contribution in [2.75, 3.05) is 12.4 Å². The van der Waals surface area contributed by atoms with E-state index >= 15 is 0 Å². The number of aryl methyl sites for hydroxylation is 1. The zero-order valence-electron chi connectivity index (χ0n) is 12.0. The number of benzene rings is 2. The molecule has 102 valence electrons. The number of hydrogen-bond donors (Lipinski definition) is 1. The predicted octanol–water partition coefficient (Wildman–Crippen LogP) is 4.05. The van der Waals surface area contributed by atoms with Crippen LogP contribution in [-0.4, -0.2) is 7.11 Å². The molecule has 0 saturated heterocycles. The average molecular weight is 266 g/mol. The standard InChI is InChI=1S/C17H18N2O/c1-12-4-5-15(11-18)17(10-12)19-13(2)14-6-8-16(20-3)9-7-14/h4-10,13,19H,1-3H3. The molecule has 1 atom stereocenters. The number of nitriles is 1. The summed E-state index contributed by atoms with van der Waals surface area (Å²) in [5.41, 5.74) is 3.82. The van der Waals surface area contributed by atoms with Gasteiger partial charge in [0.15, 0.2) is 0 Å². The fourth-order valence-electron chi connectivity index (χ4n) is 2.08. The van der Waals surface area contributed by atoms with Crippen LogP contribution in [0.4, 0.5) is 5.69 Å². The van der Waals surface area contributed by atoms with Crippen LogP contribution < -0.4 is 10.1 Å². The molecule has 0 saturated carbocycles. The van der Waals surface area contributed by atoms with Crippen molar-refractivity contribution in [1.82, 2.24) is 0 Å². The molecule has 0 aliphatic rings. The Morgan fingerprint density at radius 1 is 1.15 bits per heavy atom. The minimum atomic E-state index is 0.120. The summed E-state index contributed by atoms with van der Waals surface area (Å²) in [5, 5.41) is 12.5. The topological polar surface area (TPSA) is 45.0 Å². The van der Waals surface area contributed by atoms with Gasteiger partial charge in [-0.2, -0.15) is 5.26 Å². The molecule has 0 amide bonds. The van der Waals surface area contributed by atoms with Gasteiger partial charge in [0.1, 0.15) is 11.8 Å². The second-order valence-corrected chi connectivity index (χ2v) is 4.80. The number of hydrogen-bond acceptors (Lipinski definition) is 3. The van der Waals surface area contributed by atoms with Gasteiger partial charge in [-0.3, -0.25) is 0 Å². The summed E-state index contributed by atoms with van der Waals surface area (Å²) >= 11 is 0. The van der Waals surface area contributed by atoms with Crippen molar-refractivity contribution >= 4 is 5.69 Å². The lowest BCUT2D eigenvalue weighted by molar-refractivity contribution is 0.414. The van der Waals surface area contributed by atoms with E-state index in [0.717, 1.165) is 22.6 Å². The van der Waals surface area contributed by atoms with Crippen molar-refractivity contribution in [3.63, 3.8) is 0 Å². The number of rotatable bonds is 4. The molecule has 3 heteroatoms. The Hall–Kier alpha value is -2.47. The van der Waals surface area contributed by atoms with Crippen LogP contribution in [0, 0.1) is 18.3 Å². The minimum Gasteiger partial charge on any atom is -0.497 e. The third-order valence-corrected chi connectivity index (χ3v) is 3.28. The minimum absolute atomic E-state index is 0.120. The lowest BCUT2D eigenvalue weighted by Crippen LogP contribution is -2.08. The molecular weight excluding hydrogens is 248 g/mol. The van der Waals surface area contributed by atoms with E-state index in [0.29, 0.717) is 5.56 Å². The van der Waals surface area contributed by atoms with Gasteiger partial charge < -0.3 is 10.1 Å². The monoisotopic (exact) mass is 266 g/mol. The second-order valence-electron chi connectivity index (χ2n) is 4.80. The van der Waals surface area contributed by atoms with Crippen LogP contribution in [0.1, 0.15) is 29.7 Å². The molecular formula is C17H18N2O. The number of nitrogens with zero attached hydrogens (tertiary/aromatic N) is 1. The summed E-state index contributed by atoms with van der Waals surface area (Å²) in [6.45, 7) is 4.09. The predicted molar refractivity (Wildman–Crippen MR) is 80.9 cm³/mol. The molecule has 0 spiro atoms. The summed E-state index contributed by atoms with van der Waals surface area (Å²) in [4.78, 5) is 0. The molecule has 2 aromatic carbocycles. The number of ether oxygens (including phenoxy) is 1. The maximum Gasteiger partial charge on any atom is 0.118 e. The SMILES string of the molecule is COc1ccc(C(C)Nc2cc(C)ccc2C#N)cc1. The zero-order valence-corrected chi connectivity index (χ0v) is 12.0. The van der Waals surface area contributed by atoms with Gasteiger partial charge in [0.05, 0.1) is 18.4 Å². The van der Waals surface area contributed by atoms with E-state index in [1.807, 2.05) is 49.4 Å². The molecule has 0 aromatic heterocycles. The Balaban J connectivity index is 2.20. The molecule has 0 fully saturated rings. The first-order valence-electron chi connectivity index (χ1n) is 6.55. The number of methoxy groups -OCH3 is 1. The highest BCUT2D eigenvalue weighted by Gasteiger charge is 2.08. The molecule has 2 aromatic rings. The normalized spacial score (nSPS) is 11.5. The van der Waals surface area contributed by atoms with E-state index in [-0.39, 0.29) is 6.04 Å². The van der Waals surface area contributed by atoms with Gasteiger partial charge in [-0.1, -0.05) is 18.2 Å². The molecule has 1 unspecified atom stereocenters. The van der Waals surface area contributed by atoms with E-state index in [1.54, 1.807) is 7.11 Å². The van der Waals surface area contributed by atoms with Crippen molar-refractivity contribution in [3.05, 3.63) is 59.2 Å². The fraction of sp³-hybridized carbons (Fsp3) is 0.235. The van der Waals surface area contributed by atoms with Crippen molar-refractivity contribution in [3.8, 4) is 11.8 Å². The summed E-state index contributed by atoms with van der Waals surface area (Å²) in [5.74, 6) is 0.842. The maximum atomic E-state index is 9.15. The van der Waals surface area contributed by atoms with Gasteiger partial charge in [-0.15, -0.1) is 0 Å². The smallest absolute Gasteiger partial charge is 0.118 e. The lowest BCUT2D eigenvalue weighted by atomic mass is 10.1. The van der Waals surface area contributed by atoms with Gasteiger partial charge in [0.2, 0.25) is 0 Å². The molecule has 3 nitrogen and oxygen atoms in total. The molecule has 2 rings (SSSR count). The lowest BCUT2D eigenvalue weighted by Gasteiger charge is -2.17. The Labute approximate surface area is 119 Å². The van der Waals surface area contributed by atoms with Crippen LogP contribution in [0.2, 0.25) is 0 Å². The Morgan fingerprint density at radius 3 is 2.45 bits per heavy atom.